The van der Waals surface area contributed by atoms with Gasteiger partial charge in [0, 0.05) is 17.4 Å². The number of aryl methyl sites for hydroxylation is 2. The number of para-hydroxylation sites is 2. The summed E-state index contributed by atoms with van der Waals surface area (Å²) in [5.74, 6) is 0. The smallest absolute Gasteiger partial charge is 0.0895 e. The van der Waals surface area contributed by atoms with Gasteiger partial charge in [-0.15, -0.1) is 0 Å². The average molecular weight is 310 g/mol. The van der Waals surface area contributed by atoms with E-state index in [1.165, 1.54) is 22.5 Å². The first-order valence-electron chi connectivity index (χ1n) is 8.52. The third-order valence-corrected chi connectivity index (χ3v) is 4.98. The Labute approximate surface area is 138 Å². The SMILES string of the molecule is CCC(N)[C@H](O)C(C)N1c2ccccc2CCc2ccccc21. The fourth-order valence-corrected chi connectivity index (χ4v) is 3.50. The number of nitrogens with zero attached hydrogens (tertiary/aromatic N) is 1. The van der Waals surface area contributed by atoms with Crippen molar-refractivity contribution in [3.8, 4) is 0 Å². The lowest BCUT2D eigenvalue weighted by molar-refractivity contribution is 0.120. The molecule has 3 rings (SSSR count). The number of nitrogens with two attached hydrogens (primary N) is 1. The normalized spacial score (nSPS) is 17.7. The van der Waals surface area contributed by atoms with Crippen LogP contribution in [0.4, 0.5) is 11.4 Å². The fraction of sp³-hybridized carbons (Fsp3) is 0.400. The highest BCUT2D eigenvalue weighted by atomic mass is 16.3. The molecule has 3 atom stereocenters. The third-order valence-electron chi connectivity index (χ3n) is 4.98. The van der Waals surface area contributed by atoms with Gasteiger partial charge in [-0.05, 0) is 49.4 Å². The summed E-state index contributed by atoms with van der Waals surface area (Å²) in [4.78, 5) is 2.28. The number of rotatable bonds is 4. The zero-order chi connectivity index (χ0) is 16.4. The molecular formula is C20H26N2O. The first-order valence-corrected chi connectivity index (χ1v) is 8.52. The lowest BCUT2D eigenvalue weighted by Crippen LogP contribution is -2.48. The lowest BCUT2D eigenvalue weighted by Gasteiger charge is -2.37. The number of aliphatic hydroxyl groups excluding tert-OH is 1. The minimum absolute atomic E-state index is 0.0784. The van der Waals surface area contributed by atoms with Crippen molar-refractivity contribution in [1.29, 1.82) is 0 Å². The van der Waals surface area contributed by atoms with E-state index in [1.807, 2.05) is 6.92 Å². The first-order chi connectivity index (χ1) is 11.1. The Hall–Kier alpha value is -1.84. The van der Waals surface area contributed by atoms with Gasteiger partial charge in [0.1, 0.15) is 0 Å². The van der Waals surface area contributed by atoms with E-state index >= 15 is 0 Å². The van der Waals surface area contributed by atoms with Gasteiger partial charge in [0.15, 0.2) is 0 Å². The molecule has 0 spiro atoms. The average Bonchev–Trinajstić information content (AvgIpc) is 2.76. The van der Waals surface area contributed by atoms with Crippen LogP contribution < -0.4 is 10.6 Å². The zero-order valence-electron chi connectivity index (χ0n) is 13.9. The molecule has 2 aromatic carbocycles. The Bertz CT molecular complexity index is 623. The van der Waals surface area contributed by atoms with Crippen molar-refractivity contribution >= 4 is 11.4 Å². The maximum Gasteiger partial charge on any atom is 0.0895 e. The van der Waals surface area contributed by atoms with Crippen LogP contribution in [0.5, 0.6) is 0 Å². The van der Waals surface area contributed by atoms with Crippen molar-refractivity contribution in [1.82, 2.24) is 0 Å². The van der Waals surface area contributed by atoms with Crippen LogP contribution >= 0.6 is 0 Å². The molecule has 3 heteroatoms. The Morgan fingerprint density at radius 1 is 1.00 bits per heavy atom. The van der Waals surface area contributed by atoms with Crippen LogP contribution in [0.1, 0.15) is 31.4 Å². The highest BCUT2D eigenvalue weighted by Gasteiger charge is 2.30. The number of aliphatic hydroxyl groups is 1. The van der Waals surface area contributed by atoms with Crippen molar-refractivity contribution in [3.63, 3.8) is 0 Å². The molecule has 0 saturated carbocycles. The quantitative estimate of drug-likeness (QED) is 0.910. The van der Waals surface area contributed by atoms with Gasteiger partial charge in [-0.25, -0.2) is 0 Å². The molecule has 0 radical (unpaired) electrons. The summed E-state index contributed by atoms with van der Waals surface area (Å²) in [6.07, 6.45) is 2.24. The number of fused-ring (bicyclic) bond motifs is 2. The minimum Gasteiger partial charge on any atom is -0.389 e. The van der Waals surface area contributed by atoms with Gasteiger partial charge >= 0.3 is 0 Å². The monoisotopic (exact) mass is 310 g/mol. The van der Waals surface area contributed by atoms with E-state index in [-0.39, 0.29) is 12.1 Å². The highest BCUT2D eigenvalue weighted by Crippen LogP contribution is 2.38. The van der Waals surface area contributed by atoms with Crippen molar-refractivity contribution in [2.24, 2.45) is 5.73 Å². The predicted molar refractivity (Wildman–Crippen MR) is 96.2 cm³/mol. The summed E-state index contributed by atoms with van der Waals surface area (Å²) in [5, 5.41) is 10.7. The summed E-state index contributed by atoms with van der Waals surface area (Å²) in [6.45, 7) is 4.09. The summed E-state index contributed by atoms with van der Waals surface area (Å²) >= 11 is 0. The maximum absolute atomic E-state index is 10.7. The van der Waals surface area contributed by atoms with Crippen LogP contribution in [-0.2, 0) is 12.8 Å². The van der Waals surface area contributed by atoms with E-state index in [2.05, 4.69) is 60.4 Å². The van der Waals surface area contributed by atoms with Gasteiger partial charge in [-0.2, -0.15) is 0 Å². The van der Waals surface area contributed by atoms with E-state index in [1.54, 1.807) is 0 Å². The van der Waals surface area contributed by atoms with Crippen LogP contribution in [-0.4, -0.2) is 23.3 Å². The molecule has 0 bridgehead atoms. The van der Waals surface area contributed by atoms with Crippen molar-refractivity contribution < 1.29 is 5.11 Å². The maximum atomic E-state index is 10.7. The molecule has 0 aliphatic carbocycles. The largest absolute Gasteiger partial charge is 0.389 e. The Morgan fingerprint density at radius 2 is 1.48 bits per heavy atom. The second-order valence-electron chi connectivity index (χ2n) is 6.43. The molecule has 2 unspecified atom stereocenters. The summed E-state index contributed by atoms with van der Waals surface area (Å²) in [7, 11) is 0. The number of benzene rings is 2. The van der Waals surface area contributed by atoms with Crippen LogP contribution in [0.25, 0.3) is 0 Å². The van der Waals surface area contributed by atoms with Crippen LogP contribution in [0.2, 0.25) is 0 Å². The number of hydrogen-bond donors (Lipinski definition) is 2. The van der Waals surface area contributed by atoms with Crippen LogP contribution in [0, 0.1) is 0 Å². The minimum atomic E-state index is -0.570. The molecule has 3 N–H and O–H groups in total. The fourth-order valence-electron chi connectivity index (χ4n) is 3.50. The molecule has 0 fully saturated rings. The number of hydrogen-bond acceptors (Lipinski definition) is 3. The van der Waals surface area contributed by atoms with E-state index < -0.39 is 6.10 Å². The summed E-state index contributed by atoms with van der Waals surface area (Å²) in [6, 6.07) is 16.7. The topological polar surface area (TPSA) is 49.5 Å². The first kappa shape index (κ1) is 16.0. The molecule has 1 heterocycles. The van der Waals surface area contributed by atoms with Crippen molar-refractivity contribution in [2.45, 2.75) is 51.3 Å². The van der Waals surface area contributed by atoms with E-state index in [4.69, 9.17) is 5.73 Å². The zero-order valence-corrected chi connectivity index (χ0v) is 13.9. The molecule has 3 nitrogen and oxygen atoms in total. The summed E-state index contributed by atoms with van der Waals surface area (Å²) < 4.78 is 0. The van der Waals surface area contributed by atoms with Gasteiger partial charge in [0.2, 0.25) is 0 Å². The van der Waals surface area contributed by atoms with E-state index in [0.717, 1.165) is 19.3 Å². The van der Waals surface area contributed by atoms with E-state index in [9.17, 15) is 5.11 Å². The van der Waals surface area contributed by atoms with E-state index in [0.29, 0.717) is 0 Å². The van der Waals surface area contributed by atoms with Crippen LogP contribution in [0.3, 0.4) is 0 Å². The predicted octanol–water partition coefficient (Wildman–Crippen LogP) is 3.41. The summed E-state index contributed by atoms with van der Waals surface area (Å²) in [5.41, 5.74) is 11.2. The molecule has 0 saturated heterocycles. The molecule has 1 aliphatic heterocycles. The molecule has 0 amide bonds. The highest BCUT2D eigenvalue weighted by molar-refractivity contribution is 5.72. The Kier molecular flexibility index (Phi) is 4.69. The third kappa shape index (κ3) is 2.99. The Balaban J connectivity index is 2.10. The van der Waals surface area contributed by atoms with Gasteiger partial charge in [-0.3, -0.25) is 0 Å². The molecular weight excluding hydrogens is 284 g/mol. The van der Waals surface area contributed by atoms with Gasteiger partial charge in [0.25, 0.3) is 0 Å². The molecule has 0 aromatic heterocycles. The van der Waals surface area contributed by atoms with Gasteiger partial charge in [-0.1, -0.05) is 43.3 Å². The van der Waals surface area contributed by atoms with Crippen LogP contribution in [0.15, 0.2) is 48.5 Å². The second kappa shape index (κ2) is 6.73. The molecule has 23 heavy (non-hydrogen) atoms. The lowest BCUT2D eigenvalue weighted by atomic mass is 9.99. The number of anilines is 2. The molecule has 1 aliphatic rings. The standard InChI is InChI=1S/C20H26N2O/c1-3-17(21)20(23)14(2)22-18-10-6-4-8-15(18)12-13-16-9-5-7-11-19(16)22/h4-11,14,17,20,23H,3,12-13,21H2,1-2H3/t14?,17?,20-/m1/s1. The molecule has 122 valence electrons. The van der Waals surface area contributed by atoms with Crippen molar-refractivity contribution in [3.05, 3.63) is 59.7 Å². The Morgan fingerprint density at radius 3 is 1.96 bits per heavy atom. The van der Waals surface area contributed by atoms with Crippen molar-refractivity contribution in [2.75, 3.05) is 4.90 Å². The second-order valence-corrected chi connectivity index (χ2v) is 6.43. The molecule has 2 aromatic rings. The van der Waals surface area contributed by atoms with Gasteiger partial charge in [0.05, 0.1) is 12.1 Å². The van der Waals surface area contributed by atoms with Gasteiger partial charge < -0.3 is 15.7 Å².